The molecule has 6 heteroatoms. The quantitative estimate of drug-likeness (QED) is 0.834. The second-order valence-corrected chi connectivity index (χ2v) is 8.14. The molecule has 0 unspecified atom stereocenters. The van der Waals surface area contributed by atoms with Gasteiger partial charge in [0.1, 0.15) is 11.4 Å². The fourth-order valence-electron chi connectivity index (χ4n) is 2.63. The van der Waals surface area contributed by atoms with E-state index in [0.29, 0.717) is 13.1 Å². The lowest BCUT2D eigenvalue weighted by molar-refractivity contribution is -0.120. The van der Waals surface area contributed by atoms with Crippen molar-refractivity contribution in [1.29, 1.82) is 0 Å². The third-order valence-corrected chi connectivity index (χ3v) is 4.38. The first kappa shape index (κ1) is 19.9. The molecule has 6 nitrogen and oxygen atoms in total. The predicted molar refractivity (Wildman–Crippen MR) is 91.3 cm³/mol. The molecule has 1 rings (SSSR count). The molecule has 1 saturated heterocycles. The van der Waals surface area contributed by atoms with Gasteiger partial charge in [0, 0.05) is 26.2 Å². The van der Waals surface area contributed by atoms with Crippen LogP contribution in [0.4, 0.5) is 4.79 Å². The molecule has 1 aliphatic heterocycles. The normalized spacial score (nSPS) is 18.7. The summed E-state index contributed by atoms with van der Waals surface area (Å²) in [5.74, 6) is 0.0322. The van der Waals surface area contributed by atoms with Crippen molar-refractivity contribution in [2.24, 2.45) is 11.1 Å². The van der Waals surface area contributed by atoms with Crippen molar-refractivity contribution in [3.63, 3.8) is 0 Å². The summed E-state index contributed by atoms with van der Waals surface area (Å²) < 4.78 is 5.40. The number of carbonyl (C=O) groups excluding carboxylic acids is 2. The standard InChI is InChI=1S/C17H33N3O3/c1-13(21)14(18)17(5,6)7-8-19-9-11-20(12-10-19)15(22)23-16(2,3)4/h14H,7-12,18H2,1-6H3/t14-/m0/s1. The summed E-state index contributed by atoms with van der Waals surface area (Å²) in [5, 5.41) is 0. The van der Waals surface area contributed by atoms with Crippen LogP contribution < -0.4 is 5.73 Å². The Kier molecular flexibility index (Phi) is 6.59. The summed E-state index contributed by atoms with van der Waals surface area (Å²) in [4.78, 5) is 27.6. The van der Waals surface area contributed by atoms with Crippen LogP contribution in [0.15, 0.2) is 0 Å². The monoisotopic (exact) mass is 327 g/mol. The van der Waals surface area contributed by atoms with Gasteiger partial charge < -0.3 is 15.4 Å². The molecular weight excluding hydrogens is 294 g/mol. The van der Waals surface area contributed by atoms with Crippen molar-refractivity contribution in [3.05, 3.63) is 0 Å². The number of ketones is 1. The Morgan fingerprint density at radius 3 is 2.04 bits per heavy atom. The van der Waals surface area contributed by atoms with Crippen molar-refractivity contribution < 1.29 is 14.3 Å². The maximum atomic E-state index is 12.0. The summed E-state index contributed by atoms with van der Waals surface area (Å²) in [7, 11) is 0. The van der Waals surface area contributed by atoms with Crippen LogP contribution in [0.3, 0.4) is 0 Å². The van der Waals surface area contributed by atoms with E-state index in [-0.39, 0.29) is 17.3 Å². The third kappa shape index (κ3) is 6.47. The highest BCUT2D eigenvalue weighted by atomic mass is 16.6. The van der Waals surface area contributed by atoms with E-state index in [1.54, 1.807) is 11.8 Å². The first-order chi connectivity index (χ1) is 10.4. The molecule has 0 aromatic carbocycles. The summed E-state index contributed by atoms with van der Waals surface area (Å²) >= 11 is 0. The van der Waals surface area contributed by atoms with Gasteiger partial charge >= 0.3 is 6.09 Å². The Hall–Kier alpha value is -1.14. The van der Waals surface area contributed by atoms with Crippen molar-refractivity contribution in [1.82, 2.24) is 9.80 Å². The van der Waals surface area contributed by atoms with E-state index in [0.717, 1.165) is 26.1 Å². The minimum absolute atomic E-state index is 0.0322. The Morgan fingerprint density at radius 1 is 1.09 bits per heavy atom. The second kappa shape index (κ2) is 7.62. The molecule has 134 valence electrons. The number of hydrogen-bond donors (Lipinski definition) is 1. The maximum absolute atomic E-state index is 12.0. The molecule has 0 spiro atoms. The first-order valence-corrected chi connectivity index (χ1v) is 8.39. The van der Waals surface area contributed by atoms with Crippen LogP contribution in [0.1, 0.15) is 48.0 Å². The van der Waals surface area contributed by atoms with Gasteiger partial charge in [-0.05, 0) is 46.1 Å². The fourth-order valence-corrected chi connectivity index (χ4v) is 2.63. The van der Waals surface area contributed by atoms with Crippen molar-refractivity contribution >= 4 is 11.9 Å². The highest BCUT2D eigenvalue weighted by Crippen LogP contribution is 2.25. The largest absolute Gasteiger partial charge is 0.444 e. The molecule has 1 atom stereocenters. The maximum Gasteiger partial charge on any atom is 0.410 e. The van der Waals surface area contributed by atoms with Crippen LogP contribution in [0, 0.1) is 5.41 Å². The molecule has 0 aliphatic carbocycles. The molecule has 0 aromatic rings. The van der Waals surface area contributed by atoms with E-state index in [4.69, 9.17) is 10.5 Å². The molecule has 0 radical (unpaired) electrons. The molecule has 23 heavy (non-hydrogen) atoms. The Labute approximate surface area is 140 Å². The fraction of sp³-hybridized carbons (Fsp3) is 0.882. The van der Waals surface area contributed by atoms with Gasteiger partial charge in [0.25, 0.3) is 0 Å². The number of rotatable bonds is 5. The summed E-state index contributed by atoms with van der Waals surface area (Å²) in [6.07, 6.45) is 0.622. The van der Waals surface area contributed by atoms with Gasteiger partial charge in [-0.2, -0.15) is 0 Å². The number of nitrogens with two attached hydrogens (primary N) is 1. The van der Waals surface area contributed by atoms with Gasteiger partial charge in [0.2, 0.25) is 0 Å². The summed E-state index contributed by atoms with van der Waals surface area (Å²) in [5.41, 5.74) is 5.32. The zero-order valence-corrected chi connectivity index (χ0v) is 15.5. The number of amides is 1. The average Bonchev–Trinajstić information content (AvgIpc) is 2.43. The predicted octanol–water partition coefficient (Wildman–Crippen LogP) is 1.87. The Morgan fingerprint density at radius 2 is 1.61 bits per heavy atom. The van der Waals surface area contributed by atoms with Crippen molar-refractivity contribution in [2.75, 3.05) is 32.7 Å². The highest BCUT2D eigenvalue weighted by molar-refractivity contribution is 5.82. The van der Waals surface area contributed by atoms with Crippen molar-refractivity contribution in [2.45, 2.75) is 59.6 Å². The second-order valence-electron chi connectivity index (χ2n) is 8.14. The Balaban J connectivity index is 2.40. The zero-order valence-electron chi connectivity index (χ0n) is 15.5. The zero-order chi connectivity index (χ0) is 17.8. The first-order valence-electron chi connectivity index (χ1n) is 8.39. The Bertz CT molecular complexity index is 421. The molecule has 2 N–H and O–H groups in total. The number of carbonyl (C=O) groups is 2. The minimum Gasteiger partial charge on any atom is -0.444 e. The number of ether oxygens (including phenoxy) is 1. The van der Waals surface area contributed by atoms with Gasteiger partial charge in [-0.3, -0.25) is 9.69 Å². The van der Waals surface area contributed by atoms with Crippen LogP contribution in [-0.2, 0) is 9.53 Å². The van der Waals surface area contributed by atoms with Crippen molar-refractivity contribution in [3.8, 4) is 0 Å². The molecular formula is C17H33N3O3. The van der Waals surface area contributed by atoms with E-state index in [2.05, 4.69) is 4.90 Å². The molecule has 1 fully saturated rings. The lowest BCUT2D eigenvalue weighted by atomic mass is 9.80. The number of hydrogen-bond acceptors (Lipinski definition) is 5. The molecule has 1 heterocycles. The molecule has 0 aromatic heterocycles. The number of piperazine rings is 1. The number of nitrogens with zero attached hydrogens (tertiary/aromatic N) is 2. The van der Waals surface area contributed by atoms with Crippen LogP contribution in [0.2, 0.25) is 0 Å². The lowest BCUT2D eigenvalue weighted by Gasteiger charge is -2.38. The average molecular weight is 327 g/mol. The van der Waals surface area contributed by atoms with E-state index in [1.807, 2.05) is 34.6 Å². The van der Waals surface area contributed by atoms with E-state index < -0.39 is 11.6 Å². The smallest absolute Gasteiger partial charge is 0.410 e. The van der Waals surface area contributed by atoms with Crippen LogP contribution >= 0.6 is 0 Å². The molecule has 1 aliphatic rings. The summed E-state index contributed by atoms with van der Waals surface area (Å²) in [6, 6.07) is -0.425. The lowest BCUT2D eigenvalue weighted by Crippen LogP contribution is -2.51. The van der Waals surface area contributed by atoms with Gasteiger partial charge in [-0.25, -0.2) is 4.79 Å². The molecule has 0 saturated carbocycles. The van der Waals surface area contributed by atoms with Crippen LogP contribution in [0.5, 0.6) is 0 Å². The van der Waals surface area contributed by atoms with Crippen LogP contribution in [-0.4, -0.2) is 66.0 Å². The SMILES string of the molecule is CC(=O)[C@H](N)C(C)(C)CCN1CCN(C(=O)OC(C)(C)C)CC1. The highest BCUT2D eigenvalue weighted by Gasteiger charge is 2.31. The van der Waals surface area contributed by atoms with E-state index >= 15 is 0 Å². The minimum atomic E-state index is -0.457. The summed E-state index contributed by atoms with van der Waals surface area (Å²) in [6.45, 7) is 15.1. The van der Waals surface area contributed by atoms with Gasteiger partial charge in [-0.1, -0.05) is 13.8 Å². The third-order valence-electron chi connectivity index (χ3n) is 4.38. The van der Waals surface area contributed by atoms with E-state index in [1.165, 1.54) is 0 Å². The molecule has 1 amide bonds. The topological polar surface area (TPSA) is 75.9 Å². The van der Waals surface area contributed by atoms with Crippen LogP contribution in [0.25, 0.3) is 0 Å². The van der Waals surface area contributed by atoms with Gasteiger partial charge in [0.15, 0.2) is 0 Å². The van der Waals surface area contributed by atoms with Gasteiger partial charge in [-0.15, -0.1) is 0 Å². The number of Topliss-reactive ketones (excluding diaryl/α,β-unsaturated/α-hetero) is 1. The molecule has 0 bridgehead atoms. The van der Waals surface area contributed by atoms with E-state index in [9.17, 15) is 9.59 Å². The van der Waals surface area contributed by atoms with Gasteiger partial charge in [0.05, 0.1) is 6.04 Å².